The van der Waals surface area contributed by atoms with Crippen LogP contribution in [0.5, 0.6) is 0 Å². The van der Waals surface area contributed by atoms with Gasteiger partial charge in [0.2, 0.25) is 0 Å². The summed E-state index contributed by atoms with van der Waals surface area (Å²) in [5.74, 6) is 0.247. The Labute approximate surface area is 98.6 Å². The summed E-state index contributed by atoms with van der Waals surface area (Å²) in [6.07, 6.45) is 1.22. The molecule has 0 N–H and O–H groups in total. The maximum absolute atomic E-state index is 8.10. The molecule has 0 aromatic carbocycles. The third kappa shape index (κ3) is 1.65. The van der Waals surface area contributed by atoms with E-state index < -0.39 is 26.8 Å². The summed E-state index contributed by atoms with van der Waals surface area (Å²) in [7, 11) is 0. The van der Waals surface area contributed by atoms with Crippen molar-refractivity contribution in [3.05, 3.63) is 18.1 Å². The number of fused-ring (bicyclic) bond motifs is 1. The lowest BCUT2D eigenvalue weighted by Gasteiger charge is -2.21. The van der Waals surface area contributed by atoms with Crippen LogP contribution >= 0.6 is 0 Å². The molecule has 0 unspecified atom stereocenters. The summed E-state index contributed by atoms with van der Waals surface area (Å²) >= 11 is 0. The van der Waals surface area contributed by atoms with E-state index in [1.165, 1.54) is 10.8 Å². The fourth-order valence-electron chi connectivity index (χ4n) is 1.27. The Morgan fingerprint density at radius 2 is 2.33 bits per heavy atom. The van der Waals surface area contributed by atoms with E-state index in [1.807, 2.05) is 0 Å². The third-order valence-electron chi connectivity index (χ3n) is 1.97. The minimum Gasteiger partial charge on any atom is -0.357 e. The third-order valence-corrected chi connectivity index (χ3v) is 1.97. The van der Waals surface area contributed by atoms with Crippen molar-refractivity contribution >= 4 is 11.6 Å². The molecule has 80 valence electrons. The maximum atomic E-state index is 8.10. The smallest absolute Gasteiger partial charge is 0.254 e. The molecule has 5 nitrogen and oxygen atoms in total. The van der Waals surface area contributed by atoms with Gasteiger partial charge in [0.25, 0.3) is 5.78 Å². The summed E-state index contributed by atoms with van der Waals surface area (Å²) in [6, 6.07) is -0.0773. The lowest BCUT2D eigenvalue weighted by Crippen LogP contribution is -2.25. The lowest BCUT2D eigenvalue weighted by atomic mass is 10.4. The molecule has 2 rings (SSSR count). The Kier molecular flexibility index (Phi) is 1.14. The number of aryl methyl sites for hydroxylation is 1. The van der Waals surface area contributed by atoms with Gasteiger partial charge < -0.3 is 4.90 Å². The van der Waals surface area contributed by atoms with Gasteiger partial charge in [0, 0.05) is 33.1 Å². The van der Waals surface area contributed by atoms with Gasteiger partial charge in [-0.25, -0.2) is 4.98 Å². The average molecular weight is 212 g/mol. The molecule has 2 aromatic heterocycles. The molecule has 0 saturated carbocycles. The SMILES string of the molecule is [2H]c1c(C)nc2ncnn2c1N(CC([2H])([2H])[2H])CC([2H])([2H])[2H]. The zero-order valence-electron chi connectivity index (χ0n) is 15.2. The van der Waals surface area contributed by atoms with Crippen LogP contribution in [0.1, 0.15) is 29.0 Å². The van der Waals surface area contributed by atoms with Crippen molar-refractivity contribution in [3.8, 4) is 0 Å². The molecule has 5 heteroatoms. The van der Waals surface area contributed by atoms with E-state index in [0.717, 1.165) is 4.90 Å². The zero-order chi connectivity index (χ0) is 16.7. The highest BCUT2D eigenvalue weighted by molar-refractivity contribution is 5.46. The van der Waals surface area contributed by atoms with E-state index in [1.54, 1.807) is 6.92 Å². The van der Waals surface area contributed by atoms with Gasteiger partial charge in [-0.3, -0.25) is 0 Å². The molecule has 0 bridgehead atoms. The quantitative estimate of drug-likeness (QED) is 0.769. The molecule has 0 saturated heterocycles. The molecular weight excluding hydrogens is 190 g/mol. The average Bonchev–Trinajstić information content (AvgIpc) is 2.73. The second-order valence-electron chi connectivity index (χ2n) is 2.97. The monoisotopic (exact) mass is 212 g/mol. The van der Waals surface area contributed by atoms with Crippen LogP contribution in [0, 0.1) is 6.92 Å². The predicted octanol–water partition coefficient (Wildman–Crippen LogP) is 1.28. The maximum Gasteiger partial charge on any atom is 0.254 e. The number of rotatable bonds is 3. The zero-order valence-corrected chi connectivity index (χ0v) is 8.23. The Hall–Kier alpha value is -1.65. The van der Waals surface area contributed by atoms with E-state index >= 15 is 0 Å². The van der Waals surface area contributed by atoms with Gasteiger partial charge in [0.1, 0.15) is 12.1 Å². The number of anilines is 1. The van der Waals surface area contributed by atoms with Gasteiger partial charge in [-0.15, -0.1) is 0 Å². The van der Waals surface area contributed by atoms with Crippen molar-refractivity contribution in [1.82, 2.24) is 19.6 Å². The van der Waals surface area contributed by atoms with Gasteiger partial charge >= 0.3 is 0 Å². The predicted molar refractivity (Wildman–Crippen MR) is 59.1 cm³/mol. The van der Waals surface area contributed by atoms with E-state index in [2.05, 4.69) is 15.1 Å². The van der Waals surface area contributed by atoms with E-state index in [-0.39, 0.29) is 17.6 Å². The minimum absolute atomic E-state index is 0.0623. The molecule has 0 aliphatic heterocycles. The molecule has 0 aliphatic carbocycles. The molecular formula is C10H15N5. The van der Waals surface area contributed by atoms with Gasteiger partial charge in [-0.05, 0) is 20.6 Å². The van der Waals surface area contributed by atoms with Crippen molar-refractivity contribution in [2.24, 2.45) is 0 Å². The fourth-order valence-corrected chi connectivity index (χ4v) is 1.27. The first-order valence-electron chi connectivity index (χ1n) is 7.90. The first-order valence-corrected chi connectivity index (χ1v) is 4.40. The van der Waals surface area contributed by atoms with Crippen molar-refractivity contribution in [2.45, 2.75) is 20.6 Å². The van der Waals surface area contributed by atoms with Crippen molar-refractivity contribution < 1.29 is 9.60 Å². The molecule has 2 aromatic rings. The largest absolute Gasteiger partial charge is 0.357 e. The second kappa shape index (κ2) is 3.84. The number of hydrogen-bond donors (Lipinski definition) is 0. The normalized spacial score (nSPS) is 19.4. The number of nitrogens with zero attached hydrogens (tertiary/aromatic N) is 5. The van der Waals surface area contributed by atoms with Gasteiger partial charge in [-0.2, -0.15) is 14.6 Å². The van der Waals surface area contributed by atoms with Crippen LogP contribution in [0.4, 0.5) is 5.82 Å². The van der Waals surface area contributed by atoms with Gasteiger partial charge in [-0.1, -0.05) is 0 Å². The summed E-state index contributed by atoms with van der Waals surface area (Å²) in [6.45, 7) is -4.24. The highest BCUT2D eigenvalue weighted by atomic mass is 15.4. The van der Waals surface area contributed by atoms with Crippen LogP contribution in [0.25, 0.3) is 5.78 Å². The van der Waals surface area contributed by atoms with E-state index in [9.17, 15) is 0 Å². The molecule has 0 spiro atoms. The molecule has 0 amide bonds. The van der Waals surface area contributed by atoms with Crippen molar-refractivity contribution in [2.75, 3.05) is 18.0 Å². The fraction of sp³-hybridized carbons (Fsp3) is 0.500. The summed E-state index contributed by atoms with van der Waals surface area (Å²) in [5.41, 5.74) is 0.316. The Balaban J connectivity index is 2.60. The lowest BCUT2D eigenvalue weighted by molar-refractivity contribution is 0.796. The van der Waals surface area contributed by atoms with Crippen LogP contribution in [-0.2, 0) is 0 Å². The summed E-state index contributed by atoms with van der Waals surface area (Å²) in [5, 5.41) is 3.92. The Morgan fingerprint density at radius 3 is 3.07 bits per heavy atom. The van der Waals surface area contributed by atoms with E-state index in [4.69, 9.17) is 9.60 Å². The van der Waals surface area contributed by atoms with Gasteiger partial charge in [0.15, 0.2) is 0 Å². The number of aromatic nitrogens is 4. The molecule has 0 aliphatic rings. The number of hydrogen-bond acceptors (Lipinski definition) is 4. The molecule has 0 atom stereocenters. The highest BCUT2D eigenvalue weighted by Gasteiger charge is 2.09. The van der Waals surface area contributed by atoms with Crippen molar-refractivity contribution in [3.63, 3.8) is 0 Å². The molecule has 15 heavy (non-hydrogen) atoms. The van der Waals surface area contributed by atoms with Crippen LogP contribution in [-0.4, -0.2) is 32.7 Å². The summed E-state index contributed by atoms with van der Waals surface area (Å²) in [4.78, 5) is 9.09. The Bertz CT molecular complexity index is 659. The molecule has 0 radical (unpaired) electrons. The van der Waals surface area contributed by atoms with Crippen LogP contribution in [0.2, 0.25) is 0 Å². The Morgan fingerprint density at radius 1 is 1.53 bits per heavy atom. The molecule has 0 fully saturated rings. The standard InChI is InChI=1S/C10H15N5/c1-4-14(5-2)9-6-8(3)13-10-11-7-12-15(9)10/h6-7H,4-5H2,1-3H3/i1D3,2D3,6D. The summed E-state index contributed by atoms with van der Waals surface area (Å²) < 4.78 is 53.7. The van der Waals surface area contributed by atoms with Crippen LogP contribution in [0.3, 0.4) is 0 Å². The first-order chi connectivity index (χ1) is 9.98. The molecule has 2 heterocycles. The first kappa shape index (κ1) is 4.47. The van der Waals surface area contributed by atoms with Crippen LogP contribution in [0.15, 0.2) is 12.4 Å². The topological polar surface area (TPSA) is 46.3 Å². The van der Waals surface area contributed by atoms with Gasteiger partial charge in [0.05, 0.1) is 1.37 Å². The van der Waals surface area contributed by atoms with Crippen LogP contribution < -0.4 is 4.90 Å². The van der Waals surface area contributed by atoms with E-state index in [0.29, 0.717) is 5.69 Å². The highest BCUT2D eigenvalue weighted by Crippen LogP contribution is 2.14. The van der Waals surface area contributed by atoms with Crippen molar-refractivity contribution in [1.29, 1.82) is 0 Å². The minimum atomic E-state index is -2.39. The second-order valence-corrected chi connectivity index (χ2v) is 2.97.